The van der Waals surface area contributed by atoms with Crippen LogP contribution in [0.5, 0.6) is 0 Å². The predicted molar refractivity (Wildman–Crippen MR) is 88.3 cm³/mol. The lowest BCUT2D eigenvalue weighted by Crippen LogP contribution is -2.32. The maximum atomic E-state index is 12.9. The Kier molecular flexibility index (Phi) is 3.56. The summed E-state index contributed by atoms with van der Waals surface area (Å²) in [4.78, 5) is 2.54. The van der Waals surface area contributed by atoms with Crippen molar-refractivity contribution in [3.63, 3.8) is 0 Å². The van der Waals surface area contributed by atoms with Crippen molar-refractivity contribution in [3.05, 3.63) is 35.6 Å². The molecule has 1 nitrogen and oxygen atoms in total. The molecule has 120 valence electrons. The molecule has 4 fully saturated rings. The minimum Gasteiger partial charge on any atom is -0.300 e. The van der Waals surface area contributed by atoms with Crippen LogP contribution in [0.1, 0.15) is 51.5 Å². The van der Waals surface area contributed by atoms with E-state index in [1.807, 2.05) is 12.1 Å². The SMILES string of the molecule is C1CC2CC2C1.CC(C)N1CC2CC2(c2ccc(F)cc2)C1. The van der Waals surface area contributed by atoms with Gasteiger partial charge in [-0.1, -0.05) is 31.4 Å². The summed E-state index contributed by atoms with van der Waals surface area (Å²) in [7, 11) is 0. The number of piperidine rings is 1. The second-order valence-corrected chi connectivity index (χ2v) is 8.27. The van der Waals surface area contributed by atoms with Gasteiger partial charge in [0, 0.05) is 24.5 Å². The Labute approximate surface area is 133 Å². The average molecular weight is 301 g/mol. The molecule has 4 atom stereocenters. The van der Waals surface area contributed by atoms with Crippen molar-refractivity contribution in [1.82, 2.24) is 4.90 Å². The minimum absolute atomic E-state index is 0.129. The first-order valence-electron chi connectivity index (χ1n) is 9.08. The first kappa shape index (κ1) is 14.7. The van der Waals surface area contributed by atoms with Crippen LogP contribution >= 0.6 is 0 Å². The van der Waals surface area contributed by atoms with Gasteiger partial charge in [0.15, 0.2) is 0 Å². The summed E-state index contributed by atoms with van der Waals surface area (Å²) in [5, 5.41) is 0. The summed E-state index contributed by atoms with van der Waals surface area (Å²) >= 11 is 0. The van der Waals surface area contributed by atoms with Gasteiger partial charge < -0.3 is 0 Å². The largest absolute Gasteiger partial charge is 0.300 e. The molecule has 0 amide bonds. The van der Waals surface area contributed by atoms with Crippen molar-refractivity contribution in [3.8, 4) is 0 Å². The van der Waals surface area contributed by atoms with Gasteiger partial charge in [-0.25, -0.2) is 4.39 Å². The van der Waals surface area contributed by atoms with Gasteiger partial charge in [0.2, 0.25) is 0 Å². The monoisotopic (exact) mass is 301 g/mol. The van der Waals surface area contributed by atoms with Gasteiger partial charge >= 0.3 is 0 Å². The Morgan fingerprint density at radius 2 is 1.82 bits per heavy atom. The van der Waals surface area contributed by atoms with Crippen LogP contribution < -0.4 is 0 Å². The normalized spacial score (nSPS) is 38.3. The fourth-order valence-corrected chi connectivity index (χ4v) is 4.80. The van der Waals surface area contributed by atoms with Gasteiger partial charge in [0.1, 0.15) is 5.82 Å². The highest BCUT2D eigenvalue weighted by atomic mass is 19.1. The predicted octanol–water partition coefficient (Wildman–Crippen LogP) is 4.61. The zero-order valence-electron chi connectivity index (χ0n) is 13.9. The molecule has 1 aliphatic heterocycles. The van der Waals surface area contributed by atoms with Gasteiger partial charge in [-0.15, -0.1) is 0 Å². The van der Waals surface area contributed by atoms with E-state index in [1.54, 1.807) is 31.4 Å². The Balaban J connectivity index is 0.000000172. The molecule has 2 heteroatoms. The average Bonchev–Trinajstić information content (AvgIpc) is 3.33. The van der Waals surface area contributed by atoms with E-state index < -0.39 is 0 Å². The lowest BCUT2D eigenvalue weighted by atomic mass is 9.95. The molecule has 1 aromatic carbocycles. The Morgan fingerprint density at radius 1 is 1.14 bits per heavy atom. The molecule has 3 saturated carbocycles. The number of benzene rings is 1. The molecule has 22 heavy (non-hydrogen) atoms. The van der Waals surface area contributed by atoms with Crippen molar-refractivity contribution in [2.45, 2.75) is 57.4 Å². The number of hydrogen-bond acceptors (Lipinski definition) is 1. The second kappa shape index (κ2) is 5.33. The minimum atomic E-state index is -0.129. The molecule has 1 heterocycles. The molecule has 4 aliphatic rings. The fraction of sp³-hybridized carbons (Fsp3) is 0.700. The summed E-state index contributed by atoms with van der Waals surface area (Å²) in [6.07, 6.45) is 7.53. The van der Waals surface area contributed by atoms with E-state index in [0.29, 0.717) is 11.5 Å². The number of rotatable bonds is 2. The van der Waals surface area contributed by atoms with E-state index in [2.05, 4.69) is 18.7 Å². The van der Waals surface area contributed by atoms with E-state index in [9.17, 15) is 4.39 Å². The maximum Gasteiger partial charge on any atom is 0.123 e. The first-order chi connectivity index (χ1) is 10.6. The van der Waals surface area contributed by atoms with Crippen LogP contribution in [0.3, 0.4) is 0 Å². The topological polar surface area (TPSA) is 3.24 Å². The molecule has 0 N–H and O–H groups in total. The van der Waals surface area contributed by atoms with Crippen molar-refractivity contribution in [2.75, 3.05) is 13.1 Å². The van der Waals surface area contributed by atoms with Crippen LogP contribution in [-0.2, 0) is 5.41 Å². The lowest BCUT2D eigenvalue weighted by molar-refractivity contribution is 0.243. The van der Waals surface area contributed by atoms with Crippen LogP contribution in [0.2, 0.25) is 0 Å². The Morgan fingerprint density at radius 3 is 2.27 bits per heavy atom. The van der Waals surface area contributed by atoms with Crippen LogP contribution in [0.25, 0.3) is 0 Å². The molecule has 4 unspecified atom stereocenters. The third kappa shape index (κ3) is 2.60. The van der Waals surface area contributed by atoms with Gasteiger partial charge in [-0.2, -0.15) is 0 Å². The number of fused-ring (bicyclic) bond motifs is 2. The molecule has 1 saturated heterocycles. The zero-order chi connectivity index (χ0) is 15.3. The van der Waals surface area contributed by atoms with E-state index in [1.165, 1.54) is 36.8 Å². The van der Waals surface area contributed by atoms with Gasteiger partial charge in [0.05, 0.1) is 0 Å². The molecular weight excluding hydrogens is 273 g/mol. The molecule has 0 radical (unpaired) electrons. The third-order valence-corrected chi connectivity index (χ3v) is 6.54. The van der Waals surface area contributed by atoms with E-state index in [4.69, 9.17) is 0 Å². The van der Waals surface area contributed by atoms with Crippen molar-refractivity contribution in [1.29, 1.82) is 0 Å². The van der Waals surface area contributed by atoms with Crippen LogP contribution in [0, 0.1) is 23.6 Å². The molecule has 0 bridgehead atoms. The zero-order valence-corrected chi connectivity index (χ0v) is 13.9. The highest BCUT2D eigenvalue weighted by molar-refractivity contribution is 5.37. The molecular formula is C20H28FN. The Bertz CT molecular complexity index is 529. The summed E-state index contributed by atoms with van der Waals surface area (Å²) in [5.74, 6) is 3.10. The van der Waals surface area contributed by atoms with Crippen LogP contribution in [0.15, 0.2) is 24.3 Å². The van der Waals surface area contributed by atoms with Gasteiger partial charge in [0.25, 0.3) is 0 Å². The number of halogens is 1. The number of likely N-dealkylation sites (tertiary alicyclic amines) is 1. The van der Waals surface area contributed by atoms with Crippen LogP contribution in [0.4, 0.5) is 4.39 Å². The van der Waals surface area contributed by atoms with Gasteiger partial charge in [-0.3, -0.25) is 4.90 Å². The summed E-state index contributed by atoms with van der Waals surface area (Å²) in [6, 6.07) is 7.76. The molecule has 0 aromatic heterocycles. The molecule has 1 aromatic rings. The quantitative estimate of drug-likeness (QED) is 0.771. The molecule has 5 rings (SSSR count). The van der Waals surface area contributed by atoms with E-state index in [-0.39, 0.29) is 5.82 Å². The summed E-state index contributed by atoms with van der Waals surface area (Å²) in [6.45, 7) is 6.88. The van der Waals surface area contributed by atoms with Crippen molar-refractivity contribution < 1.29 is 4.39 Å². The second-order valence-electron chi connectivity index (χ2n) is 8.27. The standard InChI is InChI=1S/C14H18FN.C6H10/c1-10(2)16-8-12-7-14(12,9-16)11-3-5-13(15)6-4-11;1-2-5-4-6(5)3-1/h3-6,10,12H,7-9H2,1-2H3;5-6H,1-4H2. The number of nitrogens with zero attached hydrogens (tertiary/aromatic N) is 1. The van der Waals surface area contributed by atoms with Crippen molar-refractivity contribution in [2.24, 2.45) is 17.8 Å². The van der Waals surface area contributed by atoms with Crippen molar-refractivity contribution >= 4 is 0 Å². The molecule has 3 aliphatic carbocycles. The third-order valence-electron chi connectivity index (χ3n) is 6.54. The maximum absolute atomic E-state index is 12.9. The summed E-state index contributed by atoms with van der Waals surface area (Å²) in [5.41, 5.74) is 1.69. The first-order valence-corrected chi connectivity index (χ1v) is 9.08. The van der Waals surface area contributed by atoms with Crippen LogP contribution in [-0.4, -0.2) is 24.0 Å². The van der Waals surface area contributed by atoms with Gasteiger partial charge in [-0.05, 0) is 62.1 Å². The fourth-order valence-electron chi connectivity index (χ4n) is 4.80. The lowest BCUT2D eigenvalue weighted by Gasteiger charge is -2.24. The van der Waals surface area contributed by atoms with E-state index in [0.717, 1.165) is 12.5 Å². The molecule has 0 spiro atoms. The highest BCUT2D eigenvalue weighted by Crippen LogP contribution is 2.59. The number of hydrogen-bond donors (Lipinski definition) is 0. The highest BCUT2D eigenvalue weighted by Gasteiger charge is 2.60. The van der Waals surface area contributed by atoms with E-state index >= 15 is 0 Å². The smallest absolute Gasteiger partial charge is 0.123 e. The Hall–Kier alpha value is -0.890. The summed E-state index contributed by atoms with van der Waals surface area (Å²) < 4.78 is 12.9.